The van der Waals surface area contributed by atoms with Gasteiger partial charge in [-0.2, -0.15) is 0 Å². The number of ketones is 2. The molecular formula is C8H18N2O2. The van der Waals surface area contributed by atoms with Crippen LogP contribution in [-0.4, -0.2) is 24.2 Å². The summed E-state index contributed by atoms with van der Waals surface area (Å²) < 4.78 is 0. The van der Waals surface area contributed by atoms with Gasteiger partial charge in [0, 0.05) is 12.6 Å². The van der Waals surface area contributed by atoms with Crippen LogP contribution in [0.1, 0.15) is 27.2 Å². The molecule has 0 saturated heterocycles. The third kappa shape index (κ3) is 22.8. The van der Waals surface area contributed by atoms with E-state index in [2.05, 4.69) is 0 Å². The van der Waals surface area contributed by atoms with Gasteiger partial charge in [-0.05, 0) is 20.8 Å². The van der Waals surface area contributed by atoms with Crippen LogP contribution in [0.25, 0.3) is 0 Å². The maximum absolute atomic E-state index is 10.0. The molecule has 0 amide bonds. The Morgan fingerprint density at radius 1 is 1.25 bits per heavy atom. The molecule has 0 aliphatic carbocycles. The van der Waals surface area contributed by atoms with E-state index in [-0.39, 0.29) is 24.0 Å². The standard InChI is InChI=1S/C5H8O2.C3H10N2/c1-4(6)3-5(2)7;1-3(5)2-4/h3H2,1-2H3;3H,2,4-5H2,1H3. The van der Waals surface area contributed by atoms with Crippen LogP contribution in [0, 0.1) is 0 Å². The maximum atomic E-state index is 10.0. The predicted molar refractivity (Wildman–Crippen MR) is 48.7 cm³/mol. The van der Waals surface area contributed by atoms with Crippen molar-refractivity contribution in [3.05, 3.63) is 0 Å². The highest BCUT2D eigenvalue weighted by molar-refractivity contribution is 5.96. The Morgan fingerprint density at radius 3 is 1.50 bits per heavy atom. The lowest BCUT2D eigenvalue weighted by Gasteiger charge is -1.92. The Balaban J connectivity index is 0. The molecule has 72 valence electrons. The van der Waals surface area contributed by atoms with Gasteiger partial charge in [0.2, 0.25) is 0 Å². The molecule has 0 aromatic carbocycles. The SMILES string of the molecule is CC(=O)CC(C)=O.CC(N)CN. The molecule has 4 heteroatoms. The predicted octanol–water partition coefficient (Wildman–Crippen LogP) is -0.153. The Kier molecular flexibility index (Phi) is 9.63. The first kappa shape index (κ1) is 13.8. The minimum absolute atomic E-state index is 0.0625. The van der Waals surface area contributed by atoms with Crippen molar-refractivity contribution >= 4 is 11.6 Å². The normalized spacial score (nSPS) is 11.1. The van der Waals surface area contributed by atoms with Gasteiger partial charge in [-0.15, -0.1) is 0 Å². The van der Waals surface area contributed by atoms with Gasteiger partial charge in [0.1, 0.15) is 11.6 Å². The Bertz CT molecular complexity index is 132. The zero-order valence-corrected chi connectivity index (χ0v) is 7.96. The van der Waals surface area contributed by atoms with Gasteiger partial charge in [0.15, 0.2) is 0 Å². The van der Waals surface area contributed by atoms with Crippen LogP contribution < -0.4 is 11.5 Å². The second kappa shape index (κ2) is 8.36. The molecule has 0 spiro atoms. The molecule has 0 aromatic rings. The third-order valence-electron chi connectivity index (χ3n) is 0.870. The number of hydrogen-bond acceptors (Lipinski definition) is 4. The lowest BCUT2D eigenvalue weighted by Crippen LogP contribution is -2.25. The van der Waals surface area contributed by atoms with Crippen LogP contribution in [0.5, 0.6) is 0 Å². The molecule has 0 aliphatic rings. The van der Waals surface area contributed by atoms with Crippen LogP contribution in [0.4, 0.5) is 0 Å². The van der Waals surface area contributed by atoms with Crippen molar-refractivity contribution in [2.45, 2.75) is 33.2 Å². The Morgan fingerprint density at radius 2 is 1.50 bits per heavy atom. The number of carbonyl (C=O) groups is 2. The van der Waals surface area contributed by atoms with Gasteiger partial charge in [-0.3, -0.25) is 9.59 Å². The van der Waals surface area contributed by atoms with Crippen molar-refractivity contribution in [2.24, 2.45) is 11.5 Å². The number of Topliss-reactive ketones (excluding diaryl/α,β-unsaturated/α-hetero) is 2. The first-order valence-electron chi connectivity index (χ1n) is 3.84. The third-order valence-corrected chi connectivity index (χ3v) is 0.870. The fourth-order valence-electron chi connectivity index (χ4n) is 0.351. The second-order valence-electron chi connectivity index (χ2n) is 2.79. The minimum atomic E-state index is -0.0625. The smallest absolute Gasteiger partial charge is 0.137 e. The number of carbonyl (C=O) groups excluding carboxylic acids is 2. The van der Waals surface area contributed by atoms with Crippen LogP contribution >= 0.6 is 0 Å². The molecule has 12 heavy (non-hydrogen) atoms. The van der Waals surface area contributed by atoms with Gasteiger partial charge < -0.3 is 11.5 Å². The zero-order valence-electron chi connectivity index (χ0n) is 7.96. The van der Waals surface area contributed by atoms with E-state index in [1.165, 1.54) is 13.8 Å². The van der Waals surface area contributed by atoms with E-state index in [1.54, 1.807) is 0 Å². The van der Waals surface area contributed by atoms with E-state index >= 15 is 0 Å². The highest BCUT2D eigenvalue weighted by Crippen LogP contribution is 1.80. The zero-order chi connectivity index (χ0) is 10.1. The quantitative estimate of drug-likeness (QED) is 0.582. The fourth-order valence-corrected chi connectivity index (χ4v) is 0.351. The van der Waals surface area contributed by atoms with E-state index < -0.39 is 0 Å². The summed E-state index contributed by atoms with van der Waals surface area (Å²) in [6.07, 6.45) is 0.0833. The van der Waals surface area contributed by atoms with E-state index in [9.17, 15) is 9.59 Å². The highest BCUT2D eigenvalue weighted by Gasteiger charge is 1.94. The molecule has 4 nitrogen and oxygen atoms in total. The minimum Gasteiger partial charge on any atom is -0.329 e. The molecule has 0 fully saturated rings. The molecule has 0 heterocycles. The van der Waals surface area contributed by atoms with E-state index in [0.29, 0.717) is 6.54 Å². The van der Waals surface area contributed by atoms with Gasteiger partial charge in [-0.1, -0.05) is 0 Å². The second-order valence-corrected chi connectivity index (χ2v) is 2.79. The van der Waals surface area contributed by atoms with Crippen molar-refractivity contribution in [2.75, 3.05) is 6.54 Å². The fraction of sp³-hybridized carbons (Fsp3) is 0.750. The lowest BCUT2D eigenvalue weighted by atomic mass is 10.2. The van der Waals surface area contributed by atoms with Crippen LogP contribution in [0.2, 0.25) is 0 Å². The Hall–Kier alpha value is -0.740. The van der Waals surface area contributed by atoms with Gasteiger partial charge in [0.25, 0.3) is 0 Å². The molecule has 0 rings (SSSR count). The van der Waals surface area contributed by atoms with Crippen molar-refractivity contribution in [1.29, 1.82) is 0 Å². The highest BCUT2D eigenvalue weighted by atomic mass is 16.1. The van der Waals surface area contributed by atoms with Gasteiger partial charge in [-0.25, -0.2) is 0 Å². The number of rotatable bonds is 3. The summed E-state index contributed by atoms with van der Waals surface area (Å²) in [7, 11) is 0. The van der Waals surface area contributed by atoms with E-state index in [1.807, 2.05) is 6.92 Å². The molecule has 1 unspecified atom stereocenters. The van der Waals surface area contributed by atoms with Crippen molar-refractivity contribution in [3.63, 3.8) is 0 Å². The van der Waals surface area contributed by atoms with E-state index in [0.717, 1.165) is 0 Å². The number of nitrogens with two attached hydrogens (primary N) is 2. The molecule has 1 atom stereocenters. The average Bonchev–Trinajstić information content (AvgIpc) is 1.85. The maximum Gasteiger partial charge on any atom is 0.137 e. The van der Waals surface area contributed by atoms with Crippen molar-refractivity contribution in [1.82, 2.24) is 0 Å². The monoisotopic (exact) mass is 174 g/mol. The summed E-state index contributed by atoms with van der Waals surface area (Å²) in [5.41, 5.74) is 10.2. The van der Waals surface area contributed by atoms with Crippen LogP contribution in [-0.2, 0) is 9.59 Å². The topological polar surface area (TPSA) is 86.2 Å². The van der Waals surface area contributed by atoms with Gasteiger partial charge in [0.05, 0.1) is 6.42 Å². The van der Waals surface area contributed by atoms with Crippen LogP contribution in [0.15, 0.2) is 0 Å². The van der Waals surface area contributed by atoms with Gasteiger partial charge >= 0.3 is 0 Å². The molecule has 0 saturated carbocycles. The molecule has 4 N–H and O–H groups in total. The summed E-state index contributed by atoms with van der Waals surface area (Å²) in [6, 6.07) is 0.162. The number of hydrogen-bond donors (Lipinski definition) is 2. The van der Waals surface area contributed by atoms with Crippen molar-refractivity contribution < 1.29 is 9.59 Å². The molecule has 0 radical (unpaired) electrons. The molecular weight excluding hydrogens is 156 g/mol. The summed E-state index contributed by atoms with van der Waals surface area (Å²) in [6.45, 7) is 5.27. The van der Waals surface area contributed by atoms with E-state index in [4.69, 9.17) is 11.5 Å². The summed E-state index contributed by atoms with van der Waals surface area (Å²) in [4.78, 5) is 20.1. The first-order chi connectivity index (χ1) is 5.40. The summed E-state index contributed by atoms with van der Waals surface area (Å²) >= 11 is 0. The largest absolute Gasteiger partial charge is 0.329 e. The van der Waals surface area contributed by atoms with Crippen LogP contribution in [0.3, 0.4) is 0 Å². The molecule has 0 bridgehead atoms. The molecule has 0 aliphatic heterocycles. The first-order valence-corrected chi connectivity index (χ1v) is 3.84. The summed E-state index contributed by atoms with van der Waals surface area (Å²) in [5.74, 6) is -0.125. The summed E-state index contributed by atoms with van der Waals surface area (Å²) in [5, 5.41) is 0. The Labute approximate surface area is 73.3 Å². The molecule has 0 aromatic heterocycles. The lowest BCUT2D eigenvalue weighted by molar-refractivity contribution is -0.124. The van der Waals surface area contributed by atoms with Crippen molar-refractivity contribution in [3.8, 4) is 0 Å². The average molecular weight is 174 g/mol.